The molecule has 0 saturated heterocycles. The average Bonchev–Trinajstić information content (AvgIpc) is 3.95. The van der Waals surface area contributed by atoms with Crippen molar-refractivity contribution in [2.24, 2.45) is 0 Å². The van der Waals surface area contributed by atoms with Gasteiger partial charge in [-0.3, -0.25) is 4.57 Å². The number of benzene rings is 9. The van der Waals surface area contributed by atoms with E-state index >= 15 is 0 Å². The molecule has 3 aliphatic carbocycles. The van der Waals surface area contributed by atoms with Gasteiger partial charge >= 0.3 is 0 Å². The predicted octanol–water partition coefficient (Wildman–Crippen LogP) is 13.3. The van der Waals surface area contributed by atoms with E-state index in [2.05, 4.69) is 187 Å². The molecule has 4 heteroatoms. The van der Waals surface area contributed by atoms with Crippen molar-refractivity contribution in [2.75, 3.05) is 0 Å². The average molecular weight is 801 g/mol. The fourth-order valence-electron chi connectivity index (χ4n) is 11.8. The van der Waals surface area contributed by atoms with Crippen molar-refractivity contribution in [3.8, 4) is 51.0 Å². The van der Waals surface area contributed by atoms with Crippen LogP contribution in [-0.2, 0) is 10.8 Å². The third-order valence-corrected chi connectivity index (χ3v) is 14.1. The summed E-state index contributed by atoms with van der Waals surface area (Å²) < 4.78 is 2.25. The maximum atomic E-state index is 5.27. The molecule has 2 spiro atoms. The van der Waals surface area contributed by atoms with E-state index in [1.807, 2.05) is 36.4 Å². The van der Waals surface area contributed by atoms with Gasteiger partial charge in [0.2, 0.25) is 5.95 Å². The van der Waals surface area contributed by atoms with Crippen molar-refractivity contribution in [1.29, 1.82) is 0 Å². The fourth-order valence-corrected chi connectivity index (χ4v) is 11.8. The summed E-state index contributed by atoms with van der Waals surface area (Å²) in [6.07, 6.45) is 0. The second kappa shape index (κ2) is 12.7. The molecule has 0 N–H and O–H groups in total. The van der Waals surface area contributed by atoms with Crippen LogP contribution < -0.4 is 0 Å². The van der Waals surface area contributed by atoms with Gasteiger partial charge in [0, 0.05) is 21.9 Å². The Morgan fingerprint density at radius 1 is 0.286 bits per heavy atom. The van der Waals surface area contributed by atoms with E-state index in [4.69, 9.17) is 15.0 Å². The second-order valence-electron chi connectivity index (χ2n) is 17.0. The summed E-state index contributed by atoms with van der Waals surface area (Å²) in [5.74, 6) is 1.86. The summed E-state index contributed by atoms with van der Waals surface area (Å²) in [5.41, 5.74) is 18.5. The van der Waals surface area contributed by atoms with Crippen LogP contribution in [0.4, 0.5) is 0 Å². The van der Waals surface area contributed by atoms with Crippen LogP contribution in [0, 0.1) is 0 Å². The van der Waals surface area contributed by atoms with Crippen LogP contribution in [0.3, 0.4) is 0 Å². The lowest BCUT2D eigenvalue weighted by molar-refractivity contribution is 0.633. The molecule has 0 radical (unpaired) electrons. The molecule has 0 fully saturated rings. The quantitative estimate of drug-likeness (QED) is 0.179. The van der Waals surface area contributed by atoms with E-state index in [1.165, 1.54) is 66.8 Å². The van der Waals surface area contributed by atoms with Crippen molar-refractivity contribution in [2.45, 2.75) is 10.8 Å². The first kappa shape index (κ1) is 34.5. The second-order valence-corrected chi connectivity index (χ2v) is 17.0. The van der Waals surface area contributed by atoms with Gasteiger partial charge in [0.05, 0.1) is 21.9 Å². The van der Waals surface area contributed by atoms with Crippen molar-refractivity contribution in [3.05, 3.63) is 263 Å². The molecular weight excluding hydrogens is 765 g/mol. The number of para-hydroxylation sites is 1. The minimum Gasteiger partial charge on any atom is -0.278 e. The minimum absolute atomic E-state index is 0.491. The lowest BCUT2D eigenvalue weighted by Gasteiger charge is -2.48. The van der Waals surface area contributed by atoms with Crippen LogP contribution in [0.5, 0.6) is 0 Å². The topological polar surface area (TPSA) is 43.6 Å². The van der Waals surface area contributed by atoms with Crippen molar-refractivity contribution < 1.29 is 0 Å². The highest BCUT2D eigenvalue weighted by atomic mass is 15.2. The molecule has 0 atom stereocenters. The SMILES string of the molecule is c1ccc(-c2nc(-c3ccccc3)nc(-n3c4ccccc4c4cc5c(cc43)-c3ccccc3C53c4ccccc4C4(c5ccccc5-c5ccccc54)c4ccccc43)n2)cc1. The largest absolute Gasteiger partial charge is 0.278 e. The first-order chi connectivity index (χ1) is 31.3. The van der Waals surface area contributed by atoms with Crippen LogP contribution in [-0.4, -0.2) is 19.5 Å². The minimum atomic E-state index is -0.595. The van der Waals surface area contributed by atoms with E-state index in [-0.39, 0.29) is 0 Å². The van der Waals surface area contributed by atoms with Gasteiger partial charge in [-0.25, -0.2) is 4.98 Å². The van der Waals surface area contributed by atoms with Gasteiger partial charge < -0.3 is 0 Å². The van der Waals surface area contributed by atoms with Crippen molar-refractivity contribution in [3.63, 3.8) is 0 Å². The molecule has 11 aromatic rings. The Bertz CT molecular complexity index is 3540. The zero-order chi connectivity index (χ0) is 41.3. The predicted molar refractivity (Wildman–Crippen MR) is 253 cm³/mol. The van der Waals surface area contributed by atoms with Crippen LogP contribution in [0.25, 0.3) is 72.8 Å². The third-order valence-electron chi connectivity index (χ3n) is 14.1. The zero-order valence-corrected chi connectivity index (χ0v) is 34.1. The van der Waals surface area contributed by atoms with Crippen LogP contribution in [0.2, 0.25) is 0 Å². The van der Waals surface area contributed by atoms with Crippen molar-refractivity contribution in [1.82, 2.24) is 19.5 Å². The van der Waals surface area contributed by atoms with Gasteiger partial charge in [0.1, 0.15) is 0 Å². The van der Waals surface area contributed by atoms with Gasteiger partial charge in [-0.1, -0.05) is 200 Å². The molecule has 2 aromatic heterocycles. The van der Waals surface area contributed by atoms with Crippen LogP contribution in [0.1, 0.15) is 44.5 Å². The Kier molecular flexibility index (Phi) is 6.94. The molecular formula is C59H36N4. The maximum absolute atomic E-state index is 5.27. The first-order valence-electron chi connectivity index (χ1n) is 21.7. The molecule has 0 bridgehead atoms. The zero-order valence-electron chi connectivity index (χ0n) is 34.1. The van der Waals surface area contributed by atoms with E-state index in [1.54, 1.807) is 0 Å². The molecule has 3 aliphatic rings. The van der Waals surface area contributed by atoms with Gasteiger partial charge in [0.15, 0.2) is 11.6 Å². The Hall–Kier alpha value is -8.21. The normalized spacial score (nSPS) is 14.3. The lowest BCUT2D eigenvalue weighted by atomic mass is 9.52. The van der Waals surface area contributed by atoms with Crippen LogP contribution >= 0.6 is 0 Å². The summed E-state index contributed by atoms with van der Waals surface area (Å²) >= 11 is 0. The number of rotatable bonds is 3. The van der Waals surface area contributed by atoms with E-state index in [0.717, 1.165) is 32.9 Å². The molecule has 292 valence electrons. The molecule has 2 heterocycles. The summed E-state index contributed by atoms with van der Waals surface area (Å²) in [6, 6.07) is 79.9. The molecule has 0 unspecified atom stereocenters. The Morgan fingerprint density at radius 2 is 0.683 bits per heavy atom. The molecule has 9 aromatic carbocycles. The smallest absolute Gasteiger partial charge is 0.238 e. The highest BCUT2D eigenvalue weighted by molar-refractivity contribution is 6.12. The first-order valence-corrected chi connectivity index (χ1v) is 21.7. The highest BCUT2D eigenvalue weighted by Crippen LogP contribution is 2.67. The lowest BCUT2D eigenvalue weighted by Crippen LogP contribution is -2.43. The maximum Gasteiger partial charge on any atom is 0.238 e. The molecule has 14 rings (SSSR count). The summed E-state index contributed by atoms with van der Waals surface area (Å²) in [7, 11) is 0. The van der Waals surface area contributed by atoms with Crippen LogP contribution in [0.15, 0.2) is 218 Å². The third kappa shape index (κ3) is 4.37. The van der Waals surface area contributed by atoms with Crippen molar-refractivity contribution >= 4 is 21.8 Å². The molecule has 0 saturated carbocycles. The molecule has 4 nitrogen and oxygen atoms in total. The summed E-state index contributed by atoms with van der Waals surface area (Å²) in [6.45, 7) is 0. The standard InChI is InChI=1S/C59H36N4/c1-3-19-37(20-4-1)55-60-56(38-21-5-2-6-22-38)62-57(61-55)63-53-34-18-10-26-42(53)44-35-52-43(36-54(44)63)41-25-9-13-29-47(41)59(52)50-32-16-14-30-48(50)58(49-31-15-17-33-51(49)59)45-27-11-7-23-39(45)40-24-8-12-28-46(40)58/h1-36H. The molecule has 0 amide bonds. The molecule has 0 aliphatic heterocycles. The Balaban J connectivity index is 1.10. The van der Waals surface area contributed by atoms with Gasteiger partial charge in [0.25, 0.3) is 0 Å². The van der Waals surface area contributed by atoms with E-state index in [0.29, 0.717) is 17.6 Å². The fraction of sp³-hybridized carbons (Fsp3) is 0.0339. The van der Waals surface area contributed by atoms with Gasteiger partial charge in [-0.05, 0) is 85.0 Å². The number of nitrogens with zero attached hydrogens (tertiary/aromatic N) is 4. The molecule has 63 heavy (non-hydrogen) atoms. The highest BCUT2D eigenvalue weighted by Gasteiger charge is 2.59. The number of aromatic nitrogens is 4. The number of hydrogen-bond donors (Lipinski definition) is 0. The van der Waals surface area contributed by atoms with Gasteiger partial charge in [-0.2, -0.15) is 9.97 Å². The number of fused-ring (bicyclic) bond motifs is 19. The van der Waals surface area contributed by atoms with E-state index < -0.39 is 10.8 Å². The summed E-state index contributed by atoms with van der Waals surface area (Å²) in [4.78, 5) is 15.6. The number of hydrogen-bond acceptors (Lipinski definition) is 3. The van der Waals surface area contributed by atoms with Gasteiger partial charge in [-0.15, -0.1) is 0 Å². The summed E-state index contributed by atoms with van der Waals surface area (Å²) in [5, 5.41) is 2.31. The monoisotopic (exact) mass is 800 g/mol. The van der Waals surface area contributed by atoms with E-state index in [9.17, 15) is 0 Å². The Morgan fingerprint density at radius 3 is 1.19 bits per heavy atom. The Labute approximate surface area is 364 Å².